The lowest BCUT2D eigenvalue weighted by molar-refractivity contribution is 0.0432. The van der Waals surface area contributed by atoms with Crippen LogP contribution in [0.2, 0.25) is 5.02 Å². The molecule has 2 unspecified atom stereocenters. The Kier molecular flexibility index (Phi) is 15.7. The highest BCUT2D eigenvalue weighted by molar-refractivity contribution is 6.30. The van der Waals surface area contributed by atoms with Crippen LogP contribution >= 0.6 is 23.2 Å². The Morgan fingerprint density at radius 3 is 2.45 bits per heavy atom. The van der Waals surface area contributed by atoms with Gasteiger partial charge in [-0.1, -0.05) is 42.0 Å². The van der Waals surface area contributed by atoms with Gasteiger partial charge in [0.25, 0.3) is 0 Å². The Morgan fingerprint density at radius 2 is 1.79 bits per heavy atom. The number of hydrogen-bond acceptors (Lipinski definition) is 5. The van der Waals surface area contributed by atoms with Crippen LogP contribution in [0.25, 0.3) is 12.2 Å². The number of alkyl halides is 1. The van der Waals surface area contributed by atoms with E-state index in [4.69, 9.17) is 30.5 Å². The van der Waals surface area contributed by atoms with Gasteiger partial charge in [-0.15, -0.1) is 24.4 Å². The fourth-order valence-corrected chi connectivity index (χ4v) is 4.97. The van der Waals surface area contributed by atoms with E-state index in [0.717, 1.165) is 23.2 Å². The Bertz CT molecular complexity index is 1360. The molecule has 2 aromatic rings. The van der Waals surface area contributed by atoms with E-state index in [9.17, 15) is 4.79 Å². The van der Waals surface area contributed by atoms with Crippen molar-refractivity contribution in [1.82, 2.24) is 9.88 Å². The van der Waals surface area contributed by atoms with Crippen LogP contribution in [-0.2, 0) is 20.6 Å². The maximum Gasteiger partial charge on any atom is 0.415 e. The molecule has 2 aliphatic rings. The number of halogens is 2. The van der Waals surface area contributed by atoms with E-state index in [0.29, 0.717) is 43.7 Å². The zero-order valence-corrected chi connectivity index (χ0v) is 26.2. The minimum Gasteiger partial charge on any atom is -0.491 e. The van der Waals surface area contributed by atoms with Gasteiger partial charge in [0.05, 0.1) is 25.9 Å². The Hall–Kier alpha value is -3.41. The third-order valence-electron chi connectivity index (χ3n) is 6.64. The summed E-state index contributed by atoms with van der Waals surface area (Å²) < 4.78 is 22.1. The summed E-state index contributed by atoms with van der Waals surface area (Å²) in [7, 11) is 1.65. The van der Waals surface area contributed by atoms with Gasteiger partial charge < -0.3 is 23.9 Å². The Balaban J connectivity index is 0.00000148. The number of carbonyl (C=O) groups is 1. The van der Waals surface area contributed by atoms with Crippen LogP contribution in [0.4, 0.5) is 4.79 Å². The van der Waals surface area contributed by atoms with Crippen molar-refractivity contribution in [1.29, 1.82) is 0 Å². The van der Waals surface area contributed by atoms with Crippen molar-refractivity contribution >= 4 is 41.4 Å². The lowest BCUT2D eigenvalue weighted by Gasteiger charge is -2.37. The molecule has 1 aliphatic carbocycles. The van der Waals surface area contributed by atoms with Crippen LogP contribution in [0, 0.1) is 18.8 Å². The first-order valence-corrected chi connectivity index (χ1v) is 14.7. The van der Waals surface area contributed by atoms with Crippen molar-refractivity contribution in [2.24, 2.45) is 5.92 Å². The number of fused-ring (bicyclic) bond motifs is 1. The molecule has 1 aromatic carbocycles. The number of methoxy groups -OCH3 is 1. The highest BCUT2D eigenvalue weighted by atomic mass is 35.5. The maximum atomic E-state index is 13.5. The second kappa shape index (κ2) is 18.9. The number of carbonyl (C=O) groups excluding carboxylic acids is 1. The average Bonchev–Trinajstić information content (AvgIpc) is 3.24. The number of aromatic nitrogens is 1. The highest BCUT2D eigenvalue weighted by Gasteiger charge is 2.37. The summed E-state index contributed by atoms with van der Waals surface area (Å²) in [6.45, 7) is 6.61. The molecule has 0 bridgehead atoms. The summed E-state index contributed by atoms with van der Waals surface area (Å²) in [5.74, 6) is 1.09. The van der Waals surface area contributed by atoms with Gasteiger partial charge in [-0.3, -0.25) is 4.90 Å². The molecule has 4 rings (SSSR count). The summed E-state index contributed by atoms with van der Waals surface area (Å²) in [6, 6.07) is 6.54. The van der Waals surface area contributed by atoms with E-state index in [1.807, 2.05) is 32.1 Å². The number of terminal acetylenes is 1. The summed E-state index contributed by atoms with van der Waals surface area (Å²) in [4.78, 5) is 18.9. The molecule has 1 aromatic heterocycles. The summed E-state index contributed by atoms with van der Waals surface area (Å²) >= 11 is 10.6. The number of rotatable bonds is 9. The predicted octanol–water partition coefficient (Wildman–Crippen LogP) is 5.78. The van der Waals surface area contributed by atoms with Crippen LogP contribution in [0.3, 0.4) is 0 Å². The SMILES string of the molecule is C#C.C/C=c1/c2c([nH]/c1=C/C)C(C1C=CC=C(OCCOCCOC)C=C1)N(C(=O)Oc1ccc(Cl)cc1)CC2.CCl. The third-order valence-corrected chi connectivity index (χ3v) is 6.90. The minimum absolute atomic E-state index is 0.102. The first-order valence-electron chi connectivity index (χ1n) is 13.6. The molecule has 0 spiro atoms. The van der Waals surface area contributed by atoms with Gasteiger partial charge in [-0.05, 0) is 67.5 Å². The average molecular weight is 616 g/mol. The fraction of sp³-hybridized carbons (Fsp3) is 0.364. The van der Waals surface area contributed by atoms with Crippen molar-refractivity contribution in [3.05, 3.63) is 87.3 Å². The van der Waals surface area contributed by atoms with E-state index in [-0.39, 0.29) is 12.0 Å². The number of nitrogens with zero attached hydrogens (tertiary/aromatic N) is 1. The van der Waals surface area contributed by atoms with Crippen LogP contribution < -0.4 is 15.3 Å². The van der Waals surface area contributed by atoms with E-state index in [2.05, 4.69) is 53.7 Å². The van der Waals surface area contributed by atoms with Gasteiger partial charge in [-0.2, -0.15) is 0 Å². The normalized spacial score (nSPS) is 18.1. The van der Waals surface area contributed by atoms with Crippen LogP contribution in [0.5, 0.6) is 5.75 Å². The largest absolute Gasteiger partial charge is 0.491 e. The molecule has 1 N–H and O–H groups in total. The lowest BCUT2D eigenvalue weighted by atomic mass is 9.88. The minimum atomic E-state index is -0.398. The molecule has 2 atom stereocenters. The predicted molar refractivity (Wildman–Crippen MR) is 171 cm³/mol. The quantitative estimate of drug-likeness (QED) is 0.220. The van der Waals surface area contributed by atoms with E-state index >= 15 is 0 Å². The van der Waals surface area contributed by atoms with Crippen molar-refractivity contribution in [3.63, 3.8) is 0 Å². The molecule has 7 nitrogen and oxygen atoms in total. The van der Waals surface area contributed by atoms with Crippen molar-refractivity contribution < 1.29 is 23.7 Å². The molecule has 0 fully saturated rings. The fourth-order valence-electron chi connectivity index (χ4n) is 4.84. The number of H-pyrrole nitrogens is 1. The molecule has 0 radical (unpaired) electrons. The molecule has 226 valence electrons. The molecule has 2 heterocycles. The standard InChI is InChI=1S/C30H35ClN2O5.C2H2.CH3Cl/c1-4-25-26-15-16-33(30(34)38-24-13-10-22(31)11-14-24)29(28(26)32-27(25)5-2)21-7-6-8-23(12-9-21)37-20-19-36-18-17-35-3;2*1-2/h4-14,21,29,32H,15-20H2,1-3H3;1-2H;1H3/b25-4-,27-5+;;. The summed E-state index contributed by atoms with van der Waals surface area (Å²) in [5.41, 5.74) is 2.27. The Labute approximate surface area is 259 Å². The van der Waals surface area contributed by atoms with E-state index in [1.165, 1.54) is 17.2 Å². The Morgan fingerprint density at radius 1 is 1.07 bits per heavy atom. The number of ether oxygens (including phenoxy) is 4. The maximum absolute atomic E-state index is 13.5. The topological polar surface area (TPSA) is 73.0 Å². The van der Waals surface area contributed by atoms with Crippen molar-refractivity contribution in [3.8, 4) is 18.6 Å². The smallest absolute Gasteiger partial charge is 0.415 e. The molecule has 1 amide bonds. The van der Waals surface area contributed by atoms with Crippen molar-refractivity contribution in [2.75, 3.05) is 46.5 Å². The monoisotopic (exact) mass is 614 g/mol. The van der Waals surface area contributed by atoms with Crippen LogP contribution in [0.1, 0.15) is 31.1 Å². The number of hydrogen-bond donors (Lipinski definition) is 1. The van der Waals surface area contributed by atoms with Crippen LogP contribution in [-0.4, -0.2) is 62.4 Å². The van der Waals surface area contributed by atoms with Gasteiger partial charge in [0.1, 0.15) is 18.1 Å². The summed E-state index contributed by atoms with van der Waals surface area (Å²) in [5, 5.41) is 2.84. The molecular weight excluding hydrogens is 575 g/mol. The van der Waals surface area contributed by atoms with Crippen molar-refractivity contribution in [2.45, 2.75) is 26.3 Å². The molecule has 42 heavy (non-hydrogen) atoms. The highest BCUT2D eigenvalue weighted by Crippen LogP contribution is 2.36. The van der Waals surface area contributed by atoms with E-state index in [1.54, 1.807) is 36.3 Å². The van der Waals surface area contributed by atoms with Gasteiger partial charge in [0.2, 0.25) is 0 Å². The molecule has 0 saturated heterocycles. The second-order valence-corrected chi connectivity index (χ2v) is 9.41. The number of benzene rings is 1. The van der Waals surface area contributed by atoms with Crippen LogP contribution in [0.15, 0.2) is 60.4 Å². The number of amides is 1. The zero-order valence-electron chi connectivity index (χ0n) is 24.6. The van der Waals surface area contributed by atoms with Gasteiger partial charge in [0, 0.05) is 42.0 Å². The number of aromatic amines is 1. The van der Waals surface area contributed by atoms with Gasteiger partial charge in [0.15, 0.2) is 0 Å². The van der Waals surface area contributed by atoms with E-state index < -0.39 is 6.09 Å². The second-order valence-electron chi connectivity index (χ2n) is 8.98. The number of allylic oxidation sites excluding steroid dienone is 3. The number of nitrogens with one attached hydrogen (secondary N) is 1. The molecule has 9 heteroatoms. The summed E-state index contributed by atoms with van der Waals surface area (Å²) in [6.07, 6.45) is 24.0. The van der Waals surface area contributed by atoms with Gasteiger partial charge in [-0.25, -0.2) is 4.79 Å². The zero-order chi connectivity index (χ0) is 30.9. The first kappa shape index (κ1) is 34.8. The molecular formula is C33H40Cl2N2O5. The van der Waals surface area contributed by atoms with Gasteiger partial charge >= 0.3 is 6.09 Å². The molecule has 1 aliphatic heterocycles. The lowest BCUT2D eigenvalue weighted by Crippen LogP contribution is -2.44. The molecule has 0 saturated carbocycles. The third kappa shape index (κ3) is 9.30. The first-order chi connectivity index (χ1) is 20.5.